The number of anilines is 1. The monoisotopic (exact) mass is 683 g/mol. The minimum Gasteiger partial charge on any atom is -0.456 e. The quantitative estimate of drug-likeness (QED) is 0.104. The van der Waals surface area contributed by atoms with E-state index in [0.29, 0.717) is 36.4 Å². The molecule has 14 heteroatoms. The summed E-state index contributed by atoms with van der Waals surface area (Å²) in [6.45, 7) is 1.60. The Morgan fingerprint density at radius 3 is 2.43 bits per heavy atom. The number of esters is 2. The molecule has 1 N–H and O–H groups in total. The van der Waals surface area contributed by atoms with E-state index in [-0.39, 0.29) is 45.3 Å². The summed E-state index contributed by atoms with van der Waals surface area (Å²) >= 11 is 7.63. The van der Waals surface area contributed by atoms with Gasteiger partial charge >= 0.3 is 11.9 Å². The van der Waals surface area contributed by atoms with Crippen molar-refractivity contribution in [3.8, 4) is 16.2 Å². The molecule has 46 heavy (non-hydrogen) atoms. The molecule has 0 unspecified atom stereocenters. The number of hydrogen-bond donors (Lipinski definition) is 1. The van der Waals surface area contributed by atoms with Gasteiger partial charge in [-0.2, -0.15) is 0 Å². The molecule has 0 aliphatic carbocycles. The van der Waals surface area contributed by atoms with Gasteiger partial charge in [-0.3, -0.25) is 14.9 Å². The van der Waals surface area contributed by atoms with Crippen molar-refractivity contribution in [2.75, 3.05) is 18.4 Å². The molecule has 0 amide bonds. The minimum absolute atomic E-state index is 0.0291. The highest BCUT2D eigenvalue weighted by molar-refractivity contribution is 7.88. The number of benzene rings is 3. The summed E-state index contributed by atoms with van der Waals surface area (Å²) in [5, 5.41) is 14.9. The lowest BCUT2D eigenvalue weighted by atomic mass is 10.1. The first-order valence-electron chi connectivity index (χ1n) is 14.3. The lowest BCUT2D eigenvalue weighted by molar-refractivity contribution is -0.385. The standard InChI is InChI=1S/C32H30ClN3O8S2/c1-21(37)44-29-28(33)30(45-31(29)32(38)43-19-24-10-5-6-13-27(24)36(39)40)23-11-7-12-26(18-23)34-25-14-16-35(17-15-25)46(41,42)20-22-8-3-2-4-9-22/h2-13,18,25,34H,14-17,19-20H2,1H3. The summed E-state index contributed by atoms with van der Waals surface area (Å²) < 4.78 is 38.1. The molecule has 1 aromatic heterocycles. The van der Waals surface area contributed by atoms with Crippen LogP contribution < -0.4 is 10.1 Å². The van der Waals surface area contributed by atoms with E-state index in [1.165, 1.54) is 29.4 Å². The normalized spacial score (nSPS) is 14.0. The zero-order valence-electron chi connectivity index (χ0n) is 24.7. The van der Waals surface area contributed by atoms with E-state index in [0.717, 1.165) is 22.6 Å². The molecule has 4 aromatic rings. The van der Waals surface area contributed by atoms with Gasteiger partial charge in [0.1, 0.15) is 11.6 Å². The van der Waals surface area contributed by atoms with Gasteiger partial charge in [0.05, 0.1) is 21.1 Å². The summed E-state index contributed by atoms with van der Waals surface area (Å²) in [4.78, 5) is 36.2. The molecule has 1 aliphatic rings. The molecular weight excluding hydrogens is 654 g/mol. The molecule has 3 aromatic carbocycles. The molecular formula is C32H30ClN3O8S2. The number of nitro benzene ring substituents is 1. The molecule has 0 atom stereocenters. The van der Waals surface area contributed by atoms with Gasteiger partial charge in [-0.1, -0.05) is 66.2 Å². The smallest absolute Gasteiger partial charge is 0.352 e. The lowest BCUT2D eigenvalue weighted by Gasteiger charge is -2.32. The third kappa shape index (κ3) is 7.91. The van der Waals surface area contributed by atoms with Gasteiger partial charge in [0.25, 0.3) is 5.69 Å². The van der Waals surface area contributed by atoms with Crippen LogP contribution in [0.3, 0.4) is 0 Å². The van der Waals surface area contributed by atoms with Crippen LogP contribution in [0.5, 0.6) is 5.75 Å². The average molecular weight is 684 g/mol. The number of ether oxygens (including phenoxy) is 2. The molecule has 11 nitrogen and oxygen atoms in total. The Balaban J connectivity index is 1.28. The third-order valence-electron chi connectivity index (χ3n) is 7.32. The number of nitrogens with zero attached hydrogens (tertiary/aromatic N) is 2. The van der Waals surface area contributed by atoms with Crippen LogP contribution in [0.15, 0.2) is 78.9 Å². The second-order valence-electron chi connectivity index (χ2n) is 10.6. The maximum absolute atomic E-state index is 13.1. The molecule has 1 fully saturated rings. The van der Waals surface area contributed by atoms with Crippen LogP contribution in [0.4, 0.5) is 11.4 Å². The zero-order valence-corrected chi connectivity index (χ0v) is 27.1. The first-order chi connectivity index (χ1) is 22.0. The molecule has 2 heterocycles. The van der Waals surface area contributed by atoms with Crippen molar-refractivity contribution in [3.63, 3.8) is 0 Å². The van der Waals surface area contributed by atoms with E-state index in [9.17, 15) is 28.1 Å². The van der Waals surface area contributed by atoms with Crippen molar-refractivity contribution in [1.82, 2.24) is 4.31 Å². The molecule has 1 saturated heterocycles. The van der Waals surface area contributed by atoms with Gasteiger partial charge in [0.15, 0.2) is 10.6 Å². The summed E-state index contributed by atoms with van der Waals surface area (Å²) in [6, 6.07) is 22.4. The predicted octanol–water partition coefficient (Wildman–Crippen LogP) is 6.67. The summed E-state index contributed by atoms with van der Waals surface area (Å²) in [5.74, 6) is -1.72. The predicted molar refractivity (Wildman–Crippen MR) is 176 cm³/mol. The van der Waals surface area contributed by atoms with Crippen LogP contribution in [0.25, 0.3) is 10.4 Å². The summed E-state index contributed by atoms with van der Waals surface area (Å²) in [5.41, 5.74) is 2.18. The number of nitro groups is 1. The van der Waals surface area contributed by atoms with Crippen molar-refractivity contribution < 1.29 is 32.4 Å². The average Bonchev–Trinajstić information content (AvgIpc) is 3.35. The Morgan fingerprint density at radius 1 is 1.04 bits per heavy atom. The van der Waals surface area contributed by atoms with Crippen LogP contribution in [0, 0.1) is 10.1 Å². The van der Waals surface area contributed by atoms with E-state index in [1.807, 2.05) is 36.4 Å². The van der Waals surface area contributed by atoms with E-state index in [2.05, 4.69) is 5.32 Å². The van der Waals surface area contributed by atoms with Crippen LogP contribution >= 0.6 is 22.9 Å². The Labute approximate surface area is 274 Å². The van der Waals surface area contributed by atoms with E-state index in [1.54, 1.807) is 24.3 Å². The number of rotatable bonds is 11. The molecule has 0 spiro atoms. The van der Waals surface area contributed by atoms with Crippen molar-refractivity contribution in [2.45, 2.75) is 38.2 Å². The van der Waals surface area contributed by atoms with Gasteiger partial charge in [-0.15, -0.1) is 11.3 Å². The number of para-hydroxylation sites is 1. The van der Waals surface area contributed by atoms with Crippen molar-refractivity contribution in [2.24, 2.45) is 0 Å². The number of piperidine rings is 1. The van der Waals surface area contributed by atoms with Crippen LogP contribution in [-0.4, -0.2) is 48.7 Å². The number of nitrogens with one attached hydrogen (secondary N) is 1. The Hall–Kier alpha value is -4.30. The highest BCUT2D eigenvalue weighted by Crippen LogP contribution is 2.46. The molecule has 0 radical (unpaired) electrons. The van der Waals surface area contributed by atoms with E-state index in [4.69, 9.17) is 21.1 Å². The van der Waals surface area contributed by atoms with Crippen LogP contribution in [0.2, 0.25) is 5.02 Å². The van der Waals surface area contributed by atoms with Crippen molar-refractivity contribution >= 4 is 56.3 Å². The Kier molecular flexibility index (Phi) is 10.4. The van der Waals surface area contributed by atoms with Gasteiger partial charge in [-0.05, 0) is 42.2 Å². The maximum Gasteiger partial charge on any atom is 0.352 e. The van der Waals surface area contributed by atoms with Crippen molar-refractivity contribution in [1.29, 1.82) is 0 Å². The fourth-order valence-electron chi connectivity index (χ4n) is 5.11. The molecule has 1 aliphatic heterocycles. The first kappa shape index (κ1) is 33.1. The number of hydrogen-bond acceptors (Lipinski definition) is 10. The van der Waals surface area contributed by atoms with Gasteiger partial charge < -0.3 is 14.8 Å². The highest BCUT2D eigenvalue weighted by atomic mass is 35.5. The fraction of sp³-hybridized carbons (Fsp3) is 0.250. The molecule has 0 saturated carbocycles. The number of carbonyl (C=O) groups is 2. The first-order valence-corrected chi connectivity index (χ1v) is 17.1. The molecule has 0 bridgehead atoms. The molecule has 5 rings (SSSR count). The zero-order chi connectivity index (χ0) is 32.8. The number of halogens is 1. The topological polar surface area (TPSA) is 145 Å². The fourth-order valence-corrected chi connectivity index (χ4v) is 8.10. The van der Waals surface area contributed by atoms with Crippen LogP contribution in [-0.2, 0) is 31.9 Å². The van der Waals surface area contributed by atoms with E-state index >= 15 is 0 Å². The lowest BCUT2D eigenvalue weighted by Crippen LogP contribution is -2.42. The second-order valence-corrected chi connectivity index (χ2v) is 14.0. The summed E-state index contributed by atoms with van der Waals surface area (Å²) in [7, 11) is -3.44. The number of sulfonamides is 1. The molecule has 240 valence electrons. The van der Waals surface area contributed by atoms with Crippen molar-refractivity contribution in [3.05, 3.63) is 110 Å². The van der Waals surface area contributed by atoms with E-state index < -0.39 is 26.9 Å². The third-order valence-corrected chi connectivity index (χ3v) is 10.8. The minimum atomic E-state index is -3.44. The largest absolute Gasteiger partial charge is 0.456 e. The van der Waals surface area contributed by atoms with Gasteiger partial charge in [0, 0.05) is 37.8 Å². The maximum atomic E-state index is 13.1. The summed E-state index contributed by atoms with van der Waals surface area (Å²) in [6.07, 6.45) is 1.23. The number of carbonyl (C=O) groups excluding carboxylic acids is 2. The van der Waals surface area contributed by atoms with Gasteiger partial charge in [-0.25, -0.2) is 17.5 Å². The Bertz CT molecular complexity index is 1860. The Morgan fingerprint density at radius 2 is 1.74 bits per heavy atom. The number of thiophene rings is 1. The highest BCUT2D eigenvalue weighted by Gasteiger charge is 2.29. The SMILES string of the molecule is CC(=O)Oc1c(C(=O)OCc2ccccc2[N+](=O)[O-])sc(-c2cccc(NC3CCN(S(=O)(=O)Cc4ccccc4)CC3)c2)c1Cl. The van der Waals surface area contributed by atoms with Crippen LogP contribution in [0.1, 0.15) is 40.6 Å². The van der Waals surface area contributed by atoms with Gasteiger partial charge in [0.2, 0.25) is 10.0 Å². The second kappa shape index (κ2) is 14.4.